The lowest BCUT2D eigenvalue weighted by Gasteiger charge is -2.04. The number of aromatic hydroxyl groups is 1. The van der Waals surface area contributed by atoms with E-state index in [1.54, 1.807) is 12.3 Å². The molecule has 0 aliphatic carbocycles. The fraction of sp³-hybridized carbons (Fsp3) is 0. The molecule has 5 rings (SSSR count). The molecule has 0 bridgehead atoms. The third-order valence-corrected chi connectivity index (χ3v) is 4.85. The number of nitrogens with zero attached hydrogens (tertiary/aromatic N) is 3. The lowest BCUT2D eigenvalue weighted by Crippen LogP contribution is -1.85. The van der Waals surface area contributed by atoms with Crippen molar-refractivity contribution in [3.8, 4) is 28.7 Å². The fourth-order valence-corrected chi connectivity index (χ4v) is 3.29. The molecule has 30 heavy (non-hydrogen) atoms. The van der Waals surface area contributed by atoms with Gasteiger partial charge in [0.1, 0.15) is 5.75 Å². The molecular formula is C25H17N3O2. The molecule has 0 aliphatic heterocycles. The van der Waals surface area contributed by atoms with Gasteiger partial charge in [0.05, 0.1) is 5.69 Å². The number of aliphatic imine (C=N–C) groups is 1. The minimum Gasteiger partial charge on any atom is -0.507 e. The Kier molecular flexibility index (Phi) is 4.54. The number of fused-ring (bicyclic) bond motifs is 1. The number of aromatic nitrogens is 2. The zero-order chi connectivity index (χ0) is 20.3. The monoisotopic (exact) mass is 391 g/mol. The molecule has 0 atom stereocenters. The molecule has 0 aliphatic rings. The molecule has 0 spiro atoms. The highest BCUT2D eigenvalue weighted by Crippen LogP contribution is 2.28. The maximum atomic E-state index is 10.3. The molecule has 1 heterocycles. The minimum atomic E-state index is 0.202. The number of benzene rings is 4. The van der Waals surface area contributed by atoms with Crippen LogP contribution in [0.25, 0.3) is 33.7 Å². The van der Waals surface area contributed by atoms with Gasteiger partial charge in [-0.05, 0) is 53.2 Å². The normalized spacial score (nSPS) is 11.3. The van der Waals surface area contributed by atoms with Crippen LogP contribution in [0.3, 0.4) is 0 Å². The molecule has 0 saturated heterocycles. The van der Waals surface area contributed by atoms with Crippen molar-refractivity contribution in [3.05, 3.63) is 96.6 Å². The second-order valence-corrected chi connectivity index (χ2v) is 6.80. The summed E-state index contributed by atoms with van der Waals surface area (Å²) < 4.78 is 5.80. The van der Waals surface area contributed by atoms with E-state index < -0.39 is 0 Å². The van der Waals surface area contributed by atoms with E-state index in [-0.39, 0.29) is 5.75 Å². The van der Waals surface area contributed by atoms with E-state index >= 15 is 0 Å². The van der Waals surface area contributed by atoms with Crippen LogP contribution in [0.15, 0.2) is 100 Å². The number of phenolic OH excluding ortho intramolecular Hbond substituents is 1. The first-order valence-electron chi connectivity index (χ1n) is 9.52. The van der Waals surface area contributed by atoms with E-state index in [0.29, 0.717) is 17.3 Å². The maximum absolute atomic E-state index is 10.3. The molecule has 0 radical (unpaired) electrons. The van der Waals surface area contributed by atoms with Crippen molar-refractivity contribution in [1.29, 1.82) is 0 Å². The molecular weight excluding hydrogens is 374 g/mol. The summed E-state index contributed by atoms with van der Waals surface area (Å²) in [4.78, 5) is 4.52. The highest BCUT2D eigenvalue weighted by Gasteiger charge is 2.10. The first-order chi connectivity index (χ1) is 14.8. The van der Waals surface area contributed by atoms with Crippen molar-refractivity contribution in [2.24, 2.45) is 4.99 Å². The van der Waals surface area contributed by atoms with Crippen LogP contribution >= 0.6 is 0 Å². The summed E-state index contributed by atoms with van der Waals surface area (Å²) in [7, 11) is 0. The Morgan fingerprint density at radius 2 is 1.37 bits per heavy atom. The van der Waals surface area contributed by atoms with Crippen LogP contribution in [0, 0.1) is 0 Å². The summed E-state index contributed by atoms with van der Waals surface area (Å²) in [6.07, 6.45) is 1.69. The third kappa shape index (κ3) is 3.44. The second-order valence-electron chi connectivity index (χ2n) is 6.80. The van der Waals surface area contributed by atoms with Crippen molar-refractivity contribution in [3.63, 3.8) is 0 Å². The standard InChI is InChI=1S/C25H17N3O2/c29-23-15-12-17-6-4-5-9-21(17)22(23)16-26-20-13-10-19(11-14-20)25-28-27-24(30-25)18-7-2-1-3-8-18/h1-16,29H. The largest absolute Gasteiger partial charge is 0.507 e. The molecule has 1 N–H and O–H groups in total. The van der Waals surface area contributed by atoms with Crippen molar-refractivity contribution in [2.75, 3.05) is 0 Å². The van der Waals surface area contributed by atoms with Crippen LogP contribution in [0.4, 0.5) is 5.69 Å². The quantitative estimate of drug-likeness (QED) is 0.381. The van der Waals surface area contributed by atoms with E-state index in [1.807, 2.05) is 84.9 Å². The average molecular weight is 391 g/mol. The van der Waals surface area contributed by atoms with Crippen molar-refractivity contribution in [2.45, 2.75) is 0 Å². The highest BCUT2D eigenvalue weighted by atomic mass is 16.4. The van der Waals surface area contributed by atoms with Crippen LogP contribution in [-0.4, -0.2) is 21.5 Å². The molecule has 5 heteroatoms. The molecule has 5 aromatic rings. The number of phenols is 1. The summed E-state index contributed by atoms with van der Waals surface area (Å²) in [5, 5.41) is 20.5. The van der Waals surface area contributed by atoms with Crippen molar-refractivity contribution < 1.29 is 9.52 Å². The van der Waals surface area contributed by atoms with Crippen LogP contribution in [0.2, 0.25) is 0 Å². The van der Waals surface area contributed by atoms with Gasteiger partial charge >= 0.3 is 0 Å². The van der Waals surface area contributed by atoms with Gasteiger partial charge in [0.15, 0.2) is 0 Å². The molecule has 1 aromatic heterocycles. The number of hydrogen-bond donors (Lipinski definition) is 1. The lowest BCUT2D eigenvalue weighted by molar-refractivity contribution is 0.475. The summed E-state index contributed by atoms with van der Waals surface area (Å²) in [6.45, 7) is 0. The van der Waals surface area contributed by atoms with Crippen molar-refractivity contribution >= 4 is 22.7 Å². The Hall–Kier alpha value is -4.25. The van der Waals surface area contributed by atoms with Crippen LogP contribution < -0.4 is 0 Å². The predicted molar refractivity (Wildman–Crippen MR) is 118 cm³/mol. The smallest absolute Gasteiger partial charge is 0.248 e. The number of rotatable bonds is 4. The average Bonchev–Trinajstić information content (AvgIpc) is 3.30. The van der Waals surface area contributed by atoms with Gasteiger partial charge < -0.3 is 9.52 Å². The van der Waals surface area contributed by atoms with Gasteiger partial charge in [0, 0.05) is 22.9 Å². The van der Waals surface area contributed by atoms with Crippen LogP contribution in [0.1, 0.15) is 5.56 Å². The highest BCUT2D eigenvalue weighted by molar-refractivity contribution is 6.03. The molecule has 5 nitrogen and oxygen atoms in total. The molecule has 0 amide bonds. The molecule has 0 fully saturated rings. The van der Waals surface area contributed by atoms with Gasteiger partial charge in [0.25, 0.3) is 0 Å². The Labute approximate surface area is 173 Å². The van der Waals surface area contributed by atoms with E-state index in [9.17, 15) is 5.11 Å². The molecule has 4 aromatic carbocycles. The third-order valence-electron chi connectivity index (χ3n) is 4.85. The molecule has 0 saturated carbocycles. The zero-order valence-corrected chi connectivity index (χ0v) is 15.9. The minimum absolute atomic E-state index is 0.202. The van der Waals surface area contributed by atoms with Gasteiger partial charge in [-0.25, -0.2) is 0 Å². The van der Waals surface area contributed by atoms with Gasteiger partial charge in [-0.2, -0.15) is 0 Å². The summed E-state index contributed by atoms with van der Waals surface area (Å²) in [6, 6.07) is 28.7. The van der Waals surface area contributed by atoms with E-state index in [0.717, 1.165) is 27.6 Å². The zero-order valence-electron chi connectivity index (χ0n) is 15.9. The van der Waals surface area contributed by atoms with Gasteiger partial charge in [0.2, 0.25) is 11.8 Å². The van der Waals surface area contributed by atoms with Gasteiger partial charge in [-0.3, -0.25) is 4.99 Å². The topological polar surface area (TPSA) is 71.5 Å². The Bertz CT molecular complexity index is 1340. The van der Waals surface area contributed by atoms with Crippen LogP contribution in [0.5, 0.6) is 5.75 Å². The summed E-state index contributed by atoms with van der Waals surface area (Å²) in [5.74, 6) is 1.14. The van der Waals surface area contributed by atoms with Gasteiger partial charge in [-0.1, -0.05) is 48.5 Å². The van der Waals surface area contributed by atoms with Crippen molar-refractivity contribution in [1.82, 2.24) is 10.2 Å². The Balaban J connectivity index is 1.40. The lowest BCUT2D eigenvalue weighted by atomic mass is 10.0. The fourth-order valence-electron chi connectivity index (χ4n) is 3.29. The first-order valence-corrected chi connectivity index (χ1v) is 9.52. The Morgan fingerprint density at radius 3 is 2.13 bits per heavy atom. The predicted octanol–water partition coefficient (Wildman–Crippen LogP) is 6.01. The van der Waals surface area contributed by atoms with E-state index in [2.05, 4.69) is 15.2 Å². The van der Waals surface area contributed by atoms with Gasteiger partial charge in [-0.15, -0.1) is 10.2 Å². The van der Waals surface area contributed by atoms with Crippen LogP contribution in [-0.2, 0) is 0 Å². The first kappa shape index (κ1) is 17.8. The Morgan fingerprint density at radius 1 is 0.700 bits per heavy atom. The van der Waals surface area contributed by atoms with E-state index in [4.69, 9.17) is 4.42 Å². The van der Waals surface area contributed by atoms with E-state index in [1.165, 1.54) is 0 Å². The molecule has 144 valence electrons. The summed E-state index contributed by atoms with van der Waals surface area (Å²) >= 11 is 0. The maximum Gasteiger partial charge on any atom is 0.248 e. The SMILES string of the molecule is Oc1ccc2ccccc2c1C=Nc1ccc(-c2nnc(-c3ccccc3)o2)cc1. The second kappa shape index (κ2) is 7.64. The number of hydrogen-bond acceptors (Lipinski definition) is 5. The molecule has 0 unspecified atom stereocenters. The summed E-state index contributed by atoms with van der Waals surface area (Å²) in [5.41, 5.74) is 3.15.